The van der Waals surface area contributed by atoms with Gasteiger partial charge in [0.15, 0.2) is 6.29 Å². The number of halogens is 4. The monoisotopic (exact) mass is 847 g/mol. The van der Waals surface area contributed by atoms with E-state index in [-0.39, 0.29) is 23.1 Å². The van der Waals surface area contributed by atoms with Crippen LogP contribution in [0.15, 0.2) is 45.3 Å². The molecule has 2 aromatic carbocycles. The van der Waals surface area contributed by atoms with Crippen molar-refractivity contribution < 1.29 is 23.9 Å². The number of likely N-dealkylation sites (tertiary alicyclic amines) is 2. The predicted octanol–water partition coefficient (Wildman–Crippen LogP) is 10.7. The molecule has 0 spiro atoms. The molecule has 2 saturated heterocycles. The number of rotatable bonds is 4. The zero-order valence-electron chi connectivity index (χ0n) is 30.1. The molecule has 2 aromatic rings. The van der Waals surface area contributed by atoms with Crippen LogP contribution in [0.1, 0.15) is 103 Å². The summed E-state index contributed by atoms with van der Waals surface area (Å²) in [6, 6.07) is 11.2. The molecule has 12 heteroatoms. The fourth-order valence-corrected chi connectivity index (χ4v) is 6.32. The summed E-state index contributed by atoms with van der Waals surface area (Å²) < 4.78 is 12.4. The number of carbonyl (C=O) groups excluding carboxylic acids is 3. The summed E-state index contributed by atoms with van der Waals surface area (Å²) in [7, 11) is 0. The van der Waals surface area contributed by atoms with Crippen LogP contribution in [0.3, 0.4) is 0 Å². The quantitative estimate of drug-likeness (QED) is 0.308. The Balaban J connectivity index is 0.000000283. The molecular formula is C37H53Br2Cl2N3O5. The second-order valence-corrected chi connectivity index (χ2v) is 17.8. The van der Waals surface area contributed by atoms with E-state index < -0.39 is 11.2 Å². The minimum absolute atomic E-state index is 0.126. The molecule has 8 nitrogen and oxygen atoms in total. The number of amides is 2. The fraction of sp³-hybridized carbons (Fsp3) is 0.595. The number of hydrogen-bond acceptors (Lipinski definition) is 6. The van der Waals surface area contributed by atoms with E-state index in [1.165, 1.54) is 5.56 Å². The minimum Gasteiger partial charge on any atom is -0.444 e. The van der Waals surface area contributed by atoms with Crippen LogP contribution in [0.2, 0.25) is 10.0 Å². The lowest BCUT2D eigenvalue weighted by molar-refractivity contribution is 0.0109. The van der Waals surface area contributed by atoms with E-state index in [0.29, 0.717) is 28.1 Å². The highest BCUT2D eigenvalue weighted by Crippen LogP contribution is 2.37. The number of piperidine rings is 2. The Hall–Kier alpha value is -1.85. The maximum absolute atomic E-state index is 12.2. The molecule has 0 radical (unpaired) electrons. The van der Waals surface area contributed by atoms with Crippen molar-refractivity contribution in [1.29, 1.82) is 0 Å². The second kappa shape index (κ2) is 18.6. The van der Waals surface area contributed by atoms with Crippen molar-refractivity contribution in [3.05, 3.63) is 66.5 Å². The number of ether oxygens (including phenoxy) is 2. The molecule has 49 heavy (non-hydrogen) atoms. The van der Waals surface area contributed by atoms with E-state index in [1.54, 1.807) is 23.1 Å². The van der Waals surface area contributed by atoms with Crippen molar-refractivity contribution in [2.24, 2.45) is 11.1 Å². The van der Waals surface area contributed by atoms with Gasteiger partial charge in [0, 0.05) is 46.2 Å². The lowest BCUT2D eigenvalue weighted by Gasteiger charge is -2.40. The molecule has 2 amide bonds. The number of hydrogen-bond donors (Lipinski definition) is 1. The van der Waals surface area contributed by atoms with Crippen LogP contribution >= 0.6 is 55.1 Å². The van der Waals surface area contributed by atoms with E-state index in [0.717, 1.165) is 67.4 Å². The highest BCUT2D eigenvalue weighted by Gasteiger charge is 2.34. The lowest BCUT2D eigenvalue weighted by Crippen LogP contribution is -2.50. The number of nitrogens with zero attached hydrogens (tertiary/aromatic N) is 2. The Kier molecular flexibility index (Phi) is 16.4. The van der Waals surface area contributed by atoms with Gasteiger partial charge in [-0.3, -0.25) is 4.79 Å². The van der Waals surface area contributed by atoms with Gasteiger partial charge < -0.3 is 25.0 Å². The van der Waals surface area contributed by atoms with Crippen LogP contribution in [0.5, 0.6) is 0 Å². The Bertz CT molecular complexity index is 1410. The number of nitrogens with two attached hydrogens (primary N) is 1. The summed E-state index contributed by atoms with van der Waals surface area (Å²) >= 11 is 18.6. The number of carbonyl (C=O) groups is 3. The summed E-state index contributed by atoms with van der Waals surface area (Å²) in [5.41, 5.74) is 7.09. The van der Waals surface area contributed by atoms with E-state index in [2.05, 4.69) is 44.8 Å². The van der Waals surface area contributed by atoms with E-state index in [9.17, 15) is 14.4 Å². The van der Waals surface area contributed by atoms with Crippen LogP contribution < -0.4 is 5.73 Å². The smallest absolute Gasteiger partial charge is 0.410 e. The molecule has 0 aliphatic carbocycles. The van der Waals surface area contributed by atoms with Gasteiger partial charge in [0.2, 0.25) is 0 Å². The van der Waals surface area contributed by atoms with Gasteiger partial charge in [-0.25, -0.2) is 9.59 Å². The van der Waals surface area contributed by atoms with Gasteiger partial charge in [-0.2, -0.15) is 0 Å². The first-order valence-corrected chi connectivity index (χ1v) is 19.0. The topological polar surface area (TPSA) is 102 Å². The summed E-state index contributed by atoms with van der Waals surface area (Å²) in [6.07, 6.45) is 6.11. The molecule has 4 rings (SSSR count). The SMILES string of the molecule is CC1(CCc2cccc(Cl)c2Br)CCN(C(=O)OC(C)(C)C)CC1.CC1(N)CCN(C(=O)OC(C)(C)C)CC1.O=Cc1cccc(Cl)c1Br. The summed E-state index contributed by atoms with van der Waals surface area (Å²) in [5.74, 6) is 0. The maximum Gasteiger partial charge on any atom is 0.410 e. The molecule has 0 saturated carbocycles. The molecular weight excluding hydrogens is 797 g/mol. The van der Waals surface area contributed by atoms with E-state index in [1.807, 2.05) is 65.5 Å². The minimum atomic E-state index is -0.434. The average molecular weight is 851 g/mol. The van der Waals surface area contributed by atoms with Crippen LogP contribution in [-0.2, 0) is 15.9 Å². The summed E-state index contributed by atoms with van der Waals surface area (Å²) in [5, 5.41) is 1.32. The normalized spacial score (nSPS) is 17.1. The van der Waals surface area contributed by atoms with Gasteiger partial charge in [0.25, 0.3) is 0 Å². The van der Waals surface area contributed by atoms with Crippen molar-refractivity contribution in [3.8, 4) is 0 Å². The van der Waals surface area contributed by atoms with Gasteiger partial charge in [0.05, 0.1) is 10.0 Å². The van der Waals surface area contributed by atoms with Gasteiger partial charge >= 0.3 is 12.2 Å². The highest BCUT2D eigenvalue weighted by molar-refractivity contribution is 9.11. The van der Waals surface area contributed by atoms with E-state index in [4.69, 9.17) is 38.4 Å². The second-order valence-electron chi connectivity index (χ2n) is 15.4. The van der Waals surface area contributed by atoms with Crippen molar-refractivity contribution in [1.82, 2.24) is 9.80 Å². The van der Waals surface area contributed by atoms with E-state index >= 15 is 0 Å². The third-order valence-electron chi connectivity index (χ3n) is 8.32. The summed E-state index contributed by atoms with van der Waals surface area (Å²) in [6.45, 7) is 18.6. The molecule has 2 N–H and O–H groups in total. The first kappa shape index (κ1) is 43.3. The Morgan fingerprint density at radius 2 is 1.22 bits per heavy atom. The number of aldehydes is 1. The highest BCUT2D eigenvalue weighted by atomic mass is 79.9. The van der Waals surface area contributed by atoms with Crippen LogP contribution in [0.4, 0.5) is 9.59 Å². The number of benzene rings is 2. The third-order valence-corrected chi connectivity index (χ3v) is 11.2. The standard InChI is InChI=1S/C19H27BrClNO2.C11H22N2O2.C7H4BrClO/c1-18(2,3)24-17(23)22-12-10-19(4,11-13-22)9-8-14-6-5-7-15(21)16(14)20;1-10(2,3)15-9(14)13-7-5-11(4,12)6-8-13;8-7-5(4-10)2-1-3-6(7)9/h5-7H,8-13H2,1-4H3;5-8,12H2,1-4H3;1-4H. The van der Waals surface area contributed by atoms with Gasteiger partial charge in [0.1, 0.15) is 11.2 Å². The van der Waals surface area contributed by atoms with Crippen LogP contribution in [-0.4, -0.2) is 71.2 Å². The molecule has 2 aliphatic heterocycles. The van der Waals surface area contributed by atoms with Crippen molar-refractivity contribution in [2.45, 2.75) is 111 Å². The molecule has 2 heterocycles. The molecule has 0 unspecified atom stereocenters. The molecule has 0 bridgehead atoms. The zero-order chi connectivity index (χ0) is 37.2. The Morgan fingerprint density at radius 3 is 1.65 bits per heavy atom. The third kappa shape index (κ3) is 15.5. The Morgan fingerprint density at radius 1 is 0.796 bits per heavy atom. The first-order chi connectivity index (χ1) is 22.5. The maximum atomic E-state index is 12.2. The first-order valence-electron chi connectivity index (χ1n) is 16.6. The van der Waals surface area contributed by atoms with Gasteiger partial charge in [-0.05, 0) is 142 Å². The summed E-state index contributed by atoms with van der Waals surface area (Å²) in [4.78, 5) is 37.7. The average Bonchev–Trinajstić information content (AvgIpc) is 2.98. The predicted molar refractivity (Wildman–Crippen MR) is 207 cm³/mol. The van der Waals surface area contributed by atoms with Crippen molar-refractivity contribution in [2.75, 3.05) is 26.2 Å². The van der Waals surface area contributed by atoms with Crippen LogP contribution in [0, 0.1) is 5.41 Å². The zero-order valence-corrected chi connectivity index (χ0v) is 34.8. The molecule has 0 atom stereocenters. The molecule has 0 aromatic heterocycles. The number of aryl methyl sites for hydroxylation is 1. The molecule has 2 aliphatic rings. The molecule has 274 valence electrons. The fourth-order valence-electron chi connectivity index (χ4n) is 5.12. The van der Waals surface area contributed by atoms with Crippen molar-refractivity contribution in [3.63, 3.8) is 0 Å². The molecule has 2 fully saturated rings. The van der Waals surface area contributed by atoms with Crippen molar-refractivity contribution >= 4 is 73.5 Å². The van der Waals surface area contributed by atoms with Gasteiger partial charge in [-0.15, -0.1) is 0 Å². The van der Waals surface area contributed by atoms with Crippen LogP contribution in [0.25, 0.3) is 0 Å². The van der Waals surface area contributed by atoms with Gasteiger partial charge in [-0.1, -0.05) is 54.4 Å². The largest absolute Gasteiger partial charge is 0.444 e. The Labute approximate surface area is 320 Å². The lowest BCUT2D eigenvalue weighted by atomic mass is 9.76.